The molecule has 2 aromatic carbocycles. The molecule has 0 spiro atoms. The number of rotatable bonds is 5. The lowest BCUT2D eigenvalue weighted by Crippen LogP contribution is -2.21. The third kappa shape index (κ3) is 4.72. The quantitative estimate of drug-likeness (QED) is 0.822. The van der Waals surface area contributed by atoms with E-state index >= 15 is 0 Å². The summed E-state index contributed by atoms with van der Waals surface area (Å²) in [6.07, 6.45) is 0. The number of esters is 1. The molecule has 120 valence electrons. The van der Waals surface area contributed by atoms with Crippen molar-refractivity contribution in [2.75, 3.05) is 24.3 Å². The van der Waals surface area contributed by atoms with Gasteiger partial charge in [0.05, 0.1) is 29.9 Å². The molecule has 23 heavy (non-hydrogen) atoms. The maximum Gasteiger partial charge on any atom is 0.337 e. The molecular weight excluding hydrogens is 316 g/mol. The summed E-state index contributed by atoms with van der Waals surface area (Å²) in [7, 11) is 1.33. The number of nitrogens with one attached hydrogen (secondary N) is 2. The summed E-state index contributed by atoms with van der Waals surface area (Å²) in [6, 6.07) is 12.1. The van der Waals surface area contributed by atoms with Crippen LogP contribution in [0.5, 0.6) is 0 Å². The highest BCUT2D eigenvalue weighted by molar-refractivity contribution is 6.33. The molecule has 2 rings (SSSR count). The fourth-order valence-electron chi connectivity index (χ4n) is 1.94. The Hall–Kier alpha value is -2.53. The first kappa shape index (κ1) is 16.8. The molecule has 0 unspecified atom stereocenters. The molecule has 2 aromatic rings. The number of ether oxygens (including phenoxy) is 1. The summed E-state index contributed by atoms with van der Waals surface area (Å²) in [4.78, 5) is 23.3. The number of aryl methyl sites for hydroxylation is 1. The van der Waals surface area contributed by atoms with E-state index in [0.29, 0.717) is 16.3 Å². The fraction of sp³-hybridized carbons (Fsp3) is 0.176. The van der Waals surface area contributed by atoms with Crippen molar-refractivity contribution in [1.82, 2.24) is 0 Å². The second-order valence-electron chi connectivity index (χ2n) is 4.95. The zero-order chi connectivity index (χ0) is 16.8. The van der Waals surface area contributed by atoms with E-state index in [1.807, 2.05) is 13.0 Å². The maximum atomic E-state index is 11.9. The van der Waals surface area contributed by atoms with Crippen LogP contribution in [-0.4, -0.2) is 25.5 Å². The van der Waals surface area contributed by atoms with Gasteiger partial charge in [0.2, 0.25) is 5.91 Å². The van der Waals surface area contributed by atoms with Crippen LogP contribution in [0.25, 0.3) is 0 Å². The Kier molecular flexibility index (Phi) is 5.60. The monoisotopic (exact) mass is 332 g/mol. The standard InChI is InChI=1S/C17H17ClN2O3/c1-11-3-8-15(14(18)9-11)20-16(21)10-19-13-6-4-12(5-7-13)17(22)23-2/h3-9,19H,10H2,1-2H3,(H,20,21). The molecule has 0 aliphatic rings. The van der Waals surface area contributed by atoms with Crippen molar-refractivity contribution < 1.29 is 14.3 Å². The van der Waals surface area contributed by atoms with Crippen molar-refractivity contribution >= 4 is 34.9 Å². The second kappa shape index (κ2) is 7.65. The molecule has 0 aromatic heterocycles. The van der Waals surface area contributed by atoms with E-state index in [1.165, 1.54) is 7.11 Å². The lowest BCUT2D eigenvalue weighted by molar-refractivity contribution is -0.114. The first-order valence-corrected chi connectivity index (χ1v) is 7.35. The lowest BCUT2D eigenvalue weighted by atomic mass is 10.2. The van der Waals surface area contributed by atoms with Gasteiger partial charge in [-0.25, -0.2) is 4.79 Å². The third-order valence-electron chi connectivity index (χ3n) is 3.16. The molecule has 0 radical (unpaired) electrons. The Balaban J connectivity index is 1.90. The molecule has 0 bridgehead atoms. The molecule has 0 aliphatic heterocycles. The number of carbonyl (C=O) groups excluding carboxylic acids is 2. The van der Waals surface area contributed by atoms with Crippen LogP contribution < -0.4 is 10.6 Å². The normalized spacial score (nSPS) is 10.0. The van der Waals surface area contributed by atoms with Crippen molar-refractivity contribution in [3.63, 3.8) is 0 Å². The number of hydrogen-bond acceptors (Lipinski definition) is 4. The SMILES string of the molecule is COC(=O)c1ccc(NCC(=O)Nc2ccc(C)cc2Cl)cc1. The van der Waals surface area contributed by atoms with Crippen LogP contribution in [-0.2, 0) is 9.53 Å². The van der Waals surface area contributed by atoms with Gasteiger partial charge in [0, 0.05) is 5.69 Å². The number of methoxy groups -OCH3 is 1. The van der Waals surface area contributed by atoms with Gasteiger partial charge in [0.25, 0.3) is 0 Å². The minimum absolute atomic E-state index is 0.0851. The number of amides is 1. The second-order valence-corrected chi connectivity index (χ2v) is 5.36. The predicted octanol–water partition coefficient (Wildman–Crippen LogP) is 3.49. The smallest absolute Gasteiger partial charge is 0.337 e. The Bertz CT molecular complexity index is 714. The summed E-state index contributed by atoms with van der Waals surface area (Å²) in [5.41, 5.74) is 2.78. The summed E-state index contributed by atoms with van der Waals surface area (Å²) in [5.74, 6) is -0.615. The Morgan fingerprint density at radius 3 is 2.43 bits per heavy atom. The number of benzene rings is 2. The van der Waals surface area contributed by atoms with Crippen molar-refractivity contribution in [1.29, 1.82) is 0 Å². The largest absolute Gasteiger partial charge is 0.465 e. The minimum atomic E-state index is -0.400. The molecule has 0 aliphatic carbocycles. The lowest BCUT2D eigenvalue weighted by Gasteiger charge is -2.10. The number of anilines is 2. The van der Waals surface area contributed by atoms with Crippen LogP contribution in [0.1, 0.15) is 15.9 Å². The summed E-state index contributed by atoms with van der Waals surface area (Å²) in [5, 5.41) is 6.21. The van der Waals surface area contributed by atoms with Gasteiger partial charge in [-0.2, -0.15) is 0 Å². The van der Waals surface area contributed by atoms with E-state index in [1.54, 1.807) is 36.4 Å². The predicted molar refractivity (Wildman–Crippen MR) is 91.1 cm³/mol. The zero-order valence-electron chi connectivity index (χ0n) is 12.9. The summed E-state index contributed by atoms with van der Waals surface area (Å²) in [6.45, 7) is 2.01. The highest BCUT2D eigenvalue weighted by atomic mass is 35.5. The average molecular weight is 333 g/mol. The minimum Gasteiger partial charge on any atom is -0.465 e. The van der Waals surface area contributed by atoms with Gasteiger partial charge >= 0.3 is 5.97 Å². The van der Waals surface area contributed by atoms with Crippen molar-refractivity contribution in [2.24, 2.45) is 0 Å². The van der Waals surface area contributed by atoms with Crippen molar-refractivity contribution in [3.8, 4) is 0 Å². The van der Waals surface area contributed by atoms with Crippen LogP contribution in [0.2, 0.25) is 5.02 Å². The Morgan fingerprint density at radius 1 is 1.13 bits per heavy atom. The first-order valence-electron chi connectivity index (χ1n) is 6.98. The highest BCUT2D eigenvalue weighted by Crippen LogP contribution is 2.22. The van der Waals surface area contributed by atoms with Gasteiger partial charge in [0.15, 0.2) is 0 Å². The highest BCUT2D eigenvalue weighted by Gasteiger charge is 2.07. The van der Waals surface area contributed by atoms with Gasteiger partial charge in [-0.3, -0.25) is 4.79 Å². The Labute approximate surface area is 139 Å². The van der Waals surface area contributed by atoms with Crippen LogP contribution in [0.4, 0.5) is 11.4 Å². The van der Waals surface area contributed by atoms with Crippen LogP contribution in [0, 0.1) is 6.92 Å². The topological polar surface area (TPSA) is 67.4 Å². The Morgan fingerprint density at radius 2 is 1.83 bits per heavy atom. The van der Waals surface area contributed by atoms with Crippen LogP contribution in [0.15, 0.2) is 42.5 Å². The van der Waals surface area contributed by atoms with E-state index < -0.39 is 5.97 Å². The summed E-state index contributed by atoms with van der Waals surface area (Å²) >= 11 is 6.07. The van der Waals surface area contributed by atoms with E-state index in [0.717, 1.165) is 11.3 Å². The van der Waals surface area contributed by atoms with E-state index in [-0.39, 0.29) is 12.5 Å². The molecule has 0 saturated carbocycles. The van der Waals surface area contributed by atoms with Gasteiger partial charge in [-0.1, -0.05) is 17.7 Å². The van der Waals surface area contributed by atoms with Gasteiger partial charge in [0.1, 0.15) is 0 Å². The van der Waals surface area contributed by atoms with Crippen LogP contribution >= 0.6 is 11.6 Å². The molecule has 0 fully saturated rings. The van der Waals surface area contributed by atoms with E-state index in [9.17, 15) is 9.59 Å². The van der Waals surface area contributed by atoms with Gasteiger partial charge in [-0.05, 0) is 48.9 Å². The van der Waals surface area contributed by atoms with Crippen molar-refractivity contribution in [2.45, 2.75) is 6.92 Å². The molecular formula is C17H17ClN2O3. The maximum absolute atomic E-state index is 11.9. The molecule has 0 atom stereocenters. The number of carbonyl (C=O) groups is 2. The number of halogens is 1. The first-order chi connectivity index (χ1) is 11.0. The molecule has 0 heterocycles. The fourth-order valence-corrected chi connectivity index (χ4v) is 2.22. The van der Waals surface area contributed by atoms with E-state index in [4.69, 9.17) is 11.6 Å². The number of hydrogen-bond donors (Lipinski definition) is 2. The molecule has 2 N–H and O–H groups in total. The van der Waals surface area contributed by atoms with Gasteiger partial charge in [-0.15, -0.1) is 0 Å². The van der Waals surface area contributed by atoms with Crippen molar-refractivity contribution in [3.05, 3.63) is 58.6 Å². The third-order valence-corrected chi connectivity index (χ3v) is 3.47. The summed E-state index contributed by atoms with van der Waals surface area (Å²) < 4.78 is 4.62. The molecule has 0 saturated heterocycles. The van der Waals surface area contributed by atoms with Crippen LogP contribution in [0.3, 0.4) is 0 Å². The molecule has 6 heteroatoms. The average Bonchev–Trinajstić information content (AvgIpc) is 2.55. The van der Waals surface area contributed by atoms with Gasteiger partial charge < -0.3 is 15.4 Å². The molecule has 5 nitrogen and oxygen atoms in total. The molecule has 1 amide bonds. The zero-order valence-corrected chi connectivity index (χ0v) is 13.6. The van der Waals surface area contributed by atoms with E-state index in [2.05, 4.69) is 15.4 Å².